The van der Waals surface area contributed by atoms with Crippen molar-refractivity contribution in [2.45, 2.75) is 13.0 Å². The summed E-state index contributed by atoms with van der Waals surface area (Å²) in [5.41, 5.74) is 1.53. The lowest BCUT2D eigenvalue weighted by Gasteiger charge is -2.14. The average Bonchev–Trinajstić information content (AvgIpc) is 3.11. The molecule has 1 fully saturated rings. The van der Waals surface area contributed by atoms with Crippen molar-refractivity contribution in [3.05, 3.63) is 35.7 Å². The van der Waals surface area contributed by atoms with E-state index in [0.29, 0.717) is 22.8 Å². The van der Waals surface area contributed by atoms with Gasteiger partial charge in [-0.1, -0.05) is 0 Å². The monoisotopic (exact) mass is 352 g/mol. The number of anilines is 1. The number of hydrogen-bond acceptors (Lipinski definition) is 4. The molecule has 0 aliphatic carbocycles. The van der Waals surface area contributed by atoms with Gasteiger partial charge in [0.1, 0.15) is 23.4 Å². The topological polar surface area (TPSA) is 81.7 Å². The molecule has 1 N–H and O–H groups in total. The molecule has 0 aromatic heterocycles. The second kappa shape index (κ2) is 6.82. The fourth-order valence-corrected chi connectivity index (χ4v) is 3.83. The largest absolute Gasteiger partial charge is 0.616 e. The van der Waals surface area contributed by atoms with Crippen LogP contribution in [-0.2, 0) is 20.7 Å². The van der Waals surface area contributed by atoms with Crippen molar-refractivity contribution < 1.29 is 23.3 Å². The first kappa shape index (κ1) is 16.8. The van der Waals surface area contributed by atoms with Crippen LogP contribution in [0.2, 0.25) is 0 Å². The Morgan fingerprint density at radius 2 is 2.33 bits per heavy atom. The van der Waals surface area contributed by atoms with Gasteiger partial charge in [0.15, 0.2) is 0 Å². The summed E-state index contributed by atoms with van der Waals surface area (Å²) in [6, 6.07) is 4.51. The van der Waals surface area contributed by atoms with Crippen LogP contribution in [-0.4, -0.2) is 47.3 Å². The summed E-state index contributed by atoms with van der Waals surface area (Å²) in [4.78, 5) is 24.2. The molecule has 1 aromatic carbocycles. The predicted octanol–water partition coefficient (Wildman–Crippen LogP) is 1.43. The Bertz CT molecular complexity index is 709. The molecule has 2 atom stereocenters. The highest BCUT2D eigenvalue weighted by atomic mass is 32.2. The highest BCUT2D eigenvalue weighted by Gasteiger charge is 2.33. The first-order valence-electron chi connectivity index (χ1n) is 7.50. The van der Waals surface area contributed by atoms with E-state index in [1.165, 1.54) is 17.9 Å². The number of carbonyl (C=O) groups is 2. The number of nitrogens with one attached hydrogen (secondary N) is 1. The third kappa shape index (κ3) is 3.54. The van der Waals surface area contributed by atoms with E-state index in [9.17, 15) is 18.5 Å². The molecular formula is C16H17FN2O4S. The fraction of sp³-hybridized carbons (Fsp3) is 0.375. The number of benzene rings is 1. The van der Waals surface area contributed by atoms with Crippen LogP contribution in [0.4, 0.5) is 14.9 Å². The van der Waals surface area contributed by atoms with Gasteiger partial charge in [-0.25, -0.2) is 9.18 Å². The highest BCUT2D eigenvalue weighted by Crippen LogP contribution is 2.29. The molecule has 2 heterocycles. The maximum atomic E-state index is 14.4. The summed E-state index contributed by atoms with van der Waals surface area (Å²) in [7, 11) is 0. The quantitative estimate of drug-likeness (QED) is 0.831. The Morgan fingerprint density at radius 1 is 1.54 bits per heavy atom. The van der Waals surface area contributed by atoms with Gasteiger partial charge in [-0.05, 0) is 35.5 Å². The molecule has 0 saturated carbocycles. The average molecular weight is 352 g/mol. The molecule has 1 saturated heterocycles. The summed E-state index contributed by atoms with van der Waals surface area (Å²) in [5, 5.41) is 2.59. The van der Waals surface area contributed by atoms with Crippen molar-refractivity contribution in [1.29, 1.82) is 0 Å². The van der Waals surface area contributed by atoms with Crippen molar-refractivity contribution in [1.82, 2.24) is 5.32 Å². The SMILES string of the molecule is CC(=O)NC[C@H]1CN(c2ccc(C3=CC[S+]([O-])C3)c(F)c2)C(=O)O1. The Labute approximate surface area is 141 Å². The van der Waals surface area contributed by atoms with Crippen LogP contribution >= 0.6 is 0 Å². The number of amides is 2. The van der Waals surface area contributed by atoms with Crippen molar-refractivity contribution in [2.24, 2.45) is 0 Å². The van der Waals surface area contributed by atoms with Gasteiger partial charge in [0.2, 0.25) is 5.91 Å². The lowest BCUT2D eigenvalue weighted by Crippen LogP contribution is -2.33. The standard InChI is InChI=1S/C16H17FN2O4S/c1-10(20)18-7-13-8-19(16(21)23-13)12-2-3-14(15(17)6-12)11-4-5-24(22)9-11/h2-4,6,13H,5,7-9H2,1H3,(H,18,20)/t13-,24?/m0/s1. The van der Waals surface area contributed by atoms with Gasteiger partial charge in [0.05, 0.1) is 18.8 Å². The molecule has 3 rings (SSSR count). The summed E-state index contributed by atoms with van der Waals surface area (Å²) >= 11 is -0.964. The van der Waals surface area contributed by atoms with E-state index < -0.39 is 29.2 Å². The molecule has 128 valence electrons. The van der Waals surface area contributed by atoms with Crippen LogP contribution in [0.1, 0.15) is 12.5 Å². The predicted molar refractivity (Wildman–Crippen MR) is 88.6 cm³/mol. The maximum Gasteiger partial charge on any atom is 0.414 e. The number of hydrogen-bond donors (Lipinski definition) is 1. The maximum absolute atomic E-state index is 14.4. The minimum Gasteiger partial charge on any atom is -0.616 e. The van der Waals surface area contributed by atoms with E-state index in [4.69, 9.17) is 4.74 Å². The van der Waals surface area contributed by atoms with Gasteiger partial charge in [-0.3, -0.25) is 9.69 Å². The minimum absolute atomic E-state index is 0.206. The summed E-state index contributed by atoms with van der Waals surface area (Å²) in [5.74, 6) is 0.124. The molecule has 6 nitrogen and oxygen atoms in total. The number of cyclic esters (lactones) is 1. The van der Waals surface area contributed by atoms with Crippen molar-refractivity contribution in [3.8, 4) is 0 Å². The Balaban J connectivity index is 1.72. The minimum atomic E-state index is -0.964. The summed E-state index contributed by atoms with van der Waals surface area (Å²) in [6.45, 7) is 1.84. The molecule has 1 aromatic rings. The molecule has 8 heteroatoms. The summed E-state index contributed by atoms with van der Waals surface area (Å²) < 4.78 is 31.0. The van der Waals surface area contributed by atoms with Crippen LogP contribution in [0.5, 0.6) is 0 Å². The number of halogens is 1. The molecule has 24 heavy (non-hydrogen) atoms. The van der Waals surface area contributed by atoms with Crippen LogP contribution in [0.3, 0.4) is 0 Å². The van der Waals surface area contributed by atoms with Crippen LogP contribution in [0.25, 0.3) is 5.57 Å². The van der Waals surface area contributed by atoms with Crippen LogP contribution in [0.15, 0.2) is 24.3 Å². The van der Waals surface area contributed by atoms with E-state index in [2.05, 4.69) is 5.32 Å². The Morgan fingerprint density at radius 3 is 2.96 bits per heavy atom. The second-order valence-electron chi connectivity index (χ2n) is 5.70. The highest BCUT2D eigenvalue weighted by molar-refractivity contribution is 7.92. The van der Waals surface area contributed by atoms with Gasteiger partial charge in [0.25, 0.3) is 0 Å². The third-order valence-electron chi connectivity index (χ3n) is 3.90. The van der Waals surface area contributed by atoms with E-state index in [-0.39, 0.29) is 19.0 Å². The number of ether oxygens (including phenoxy) is 1. The van der Waals surface area contributed by atoms with Crippen molar-refractivity contribution >= 4 is 34.4 Å². The van der Waals surface area contributed by atoms with Gasteiger partial charge in [0, 0.05) is 18.1 Å². The zero-order chi connectivity index (χ0) is 17.3. The third-order valence-corrected chi connectivity index (χ3v) is 5.07. The zero-order valence-electron chi connectivity index (χ0n) is 13.1. The normalized spacial score (nSPS) is 23.2. The Kier molecular flexibility index (Phi) is 4.77. The summed E-state index contributed by atoms with van der Waals surface area (Å²) in [6.07, 6.45) is 0.740. The molecule has 2 aliphatic heterocycles. The van der Waals surface area contributed by atoms with E-state index >= 15 is 0 Å². The number of rotatable bonds is 4. The van der Waals surface area contributed by atoms with E-state index in [1.807, 2.05) is 0 Å². The first-order valence-corrected chi connectivity index (χ1v) is 8.99. The molecule has 2 amide bonds. The second-order valence-corrected chi connectivity index (χ2v) is 7.20. The molecule has 1 unspecified atom stereocenters. The lowest BCUT2D eigenvalue weighted by molar-refractivity contribution is -0.119. The van der Waals surface area contributed by atoms with Crippen LogP contribution in [0, 0.1) is 5.82 Å². The van der Waals surface area contributed by atoms with Gasteiger partial charge in [-0.2, -0.15) is 0 Å². The zero-order valence-corrected chi connectivity index (χ0v) is 13.9. The van der Waals surface area contributed by atoms with Gasteiger partial charge < -0.3 is 14.6 Å². The van der Waals surface area contributed by atoms with Gasteiger partial charge >= 0.3 is 6.09 Å². The lowest BCUT2D eigenvalue weighted by atomic mass is 10.1. The fourth-order valence-electron chi connectivity index (χ4n) is 2.70. The first-order chi connectivity index (χ1) is 11.4. The van der Waals surface area contributed by atoms with Gasteiger partial charge in [-0.15, -0.1) is 0 Å². The molecule has 2 aliphatic rings. The van der Waals surface area contributed by atoms with Crippen LogP contribution < -0.4 is 10.2 Å². The van der Waals surface area contributed by atoms with E-state index in [0.717, 1.165) is 5.57 Å². The number of nitrogens with zero attached hydrogens (tertiary/aromatic N) is 1. The van der Waals surface area contributed by atoms with Crippen molar-refractivity contribution in [3.63, 3.8) is 0 Å². The van der Waals surface area contributed by atoms with Crippen molar-refractivity contribution in [2.75, 3.05) is 29.5 Å². The smallest absolute Gasteiger partial charge is 0.414 e. The number of carbonyl (C=O) groups excluding carboxylic acids is 2. The molecule has 0 radical (unpaired) electrons. The molecular weight excluding hydrogens is 335 g/mol. The van der Waals surface area contributed by atoms with E-state index in [1.54, 1.807) is 18.2 Å². The Hall–Kier alpha value is -2.06. The molecule has 0 bridgehead atoms. The molecule has 0 spiro atoms.